The van der Waals surface area contributed by atoms with Crippen LogP contribution in [0.5, 0.6) is 0 Å². The minimum atomic E-state index is -0.180. The zero-order valence-corrected chi connectivity index (χ0v) is 18.9. The van der Waals surface area contributed by atoms with E-state index in [1.54, 1.807) is 12.3 Å². The average Bonchev–Trinajstić information content (AvgIpc) is 3.31. The van der Waals surface area contributed by atoms with E-state index >= 15 is 0 Å². The van der Waals surface area contributed by atoms with Crippen LogP contribution in [-0.4, -0.2) is 78.8 Å². The third-order valence-corrected chi connectivity index (χ3v) is 7.40. The summed E-state index contributed by atoms with van der Waals surface area (Å²) in [5.41, 5.74) is 2.33. The summed E-state index contributed by atoms with van der Waals surface area (Å²) in [4.78, 5) is 12.0. The molecule has 31 heavy (non-hydrogen) atoms. The van der Waals surface area contributed by atoms with E-state index < -0.39 is 0 Å². The summed E-state index contributed by atoms with van der Waals surface area (Å²) >= 11 is 0. The fraction of sp³-hybridized carbons (Fsp3) is 0.640. The van der Waals surface area contributed by atoms with Crippen LogP contribution in [0.1, 0.15) is 38.2 Å². The van der Waals surface area contributed by atoms with Gasteiger partial charge < -0.3 is 19.4 Å². The number of anilines is 1. The maximum absolute atomic E-state index is 14.7. The monoisotopic (exact) mass is 426 g/mol. The molecular formula is C25H35FN4O. The molecule has 0 bridgehead atoms. The lowest BCUT2D eigenvalue weighted by Crippen LogP contribution is -2.53. The van der Waals surface area contributed by atoms with Crippen LogP contribution in [0.2, 0.25) is 0 Å². The Labute approximate surface area is 185 Å². The van der Waals surface area contributed by atoms with Crippen molar-refractivity contribution in [3.8, 4) is 0 Å². The Balaban J connectivity index is 1.27. The number of nitrogens with zero attached hydrogens (tertiary/aromatic N) is 4. The SMILES string of the molecule is Cc1c(F)cc(N2C[C@H](CN3CCC(N4CCCC4)CC3)O[C@H](C)C2)c2cccnc12. The average molecular weight is 427 g/mol. The second kappa shape index (κ2) is 9.00. The number of piperidine rings is 1. The standard InChI is InChI=1S/C25H35FN4O/c1-18-15-30(24-14-23(26)19(2)25-22(24)6-5-9-27-25)17-21(31-18)16-28-12-7-20(8-13-28)29-10-3-4-11-29/h5-6,9,14,18,20-21H,3-4,7-8,10-13,15-17H2,1-2H3/t18-,21+/m1/s1. The summed E-state index contributed by atoms with van der Waals surface area (Å²) in [5.74, 6) is -0.180. The third-order valence-electron chi connectivity index (χ3n) is 7.40. The highest BCUT2D eigenvalue weighted by Gasteiger charge is 2.31. The third kappa shape index (κ3) is 4.43. The highest BCUT2D eigenvalue weighted by molar-refractivity contribution is 5.94. The van der Waals surface area contributed by atoms with Gasteiger partial charge in [0.15, 0.2) is 0 Å². The number of halogens is 1. The predicted octanol–water partition coefficient (Wildman–Crippen LogP) is 3.84. The number of benzene rings is 1. The van der Waals surface area contributed by atoms with Crippen LogP contribution in [0.25, 0.3) is 10.9 Å². The molecule has 0 N–H and O–H groups in total. The van der Waals surface area contributed by atoms with Crippen LogP contribution in [-0.2, 0) is 4.74 Å². The summed E-state index contributed by atoms with van der Waals surface area (Å²) in [7, 11) is 0. The molecule has 0 spiro atoms. The van der Waals surface area contributed by atoms with Crippen molar-refractivity contribution < 1.29 is 9.13 Å². The van der Waals surface area contributed by atoms with Gasteiger partial charge in [0.25, 0.3) is 0 Å². The molecular weight excluding hydrogens is 391 g/mol. The molecule has 5 rings (SSSR count). The van der Waals surface area contributed by atoms with Gasteiger partial charge in [0.1, 0.15) is 5.82 Å². The molecule has 4 heterocycles. The molecule has 0 radical (unpaired) electrons. The Hall–Kier alpha value is -1.76. The van der Waals surface area contributed by atoms with Crippen molar-refractivity contribution >= 4 is 16.6 Å². The molecule has 0 aliphatic carbocycles. The molecule has 2 aromatic rings. The number of aryl methyl sites for hydroxylation is 1. The first kappa shape index (κ1) is 21.1. The van der Waals surface area contributed by atoms with E-state index in [1.807, 2.05) is 13.0 Å². The number of hydrogen-bond donors (Lipinski definition) is 0. The van der Waals surface area contributed by atoms with Crippen LogP contribution in [0.4, 0.5) is 10.1 Å². The van der Waals surface area contributed by atoms with E-state index in [0.717, 1.165) is 55.4 Å². The van der Waals surface area contributed by atoms with Crippen molar-refractivity contribution in [3.05, 3.63) is 35.8 Å². The van der Waals surface area contributed by atoms with Gasteiger partial charge in [-0.3, -0.25) is 4.98 Å². The van der Waals surface area contributed by atoms with E-state index in [1.165, 1.54) is 38.8 Å². The van der Waals surface area contributed by atoms with Crippen LogP contribution in [0.3, 0.4) is 0 Å². The number of likely N-dealkylation sites (tertiary alicyclic amines) is 2. The molecule has 3 fully saturated rings. The Morgan fingerprint density at radius 3 is 2.68 bits per heavy atom. The lowest BCUT2D eigenvalue weighted by atomic mass is 10.0. The van der Waals surface area contributed by atoms with Crippen molar-refractivity contribution in [2.45, 2.75) is 57.8 Å². The molecule has 2 atom stereocenters. The summed E-state index contributed by atoms with van der Waals surface area (Å²) < 4.78 is 21.0. The van der Waals surface area contributed by atoms with Gasteiger partial charge in [-0.25, -0.2) is 4.39 Å². The number of pyridine rings is 1. The number of hydrogen-bond acceptors (Lipinski definition) is 5. The van der Waals surface area contributed by atoms with E-state index in [-0.39, 0.29) is 18.0 Å². The number of ether oxygens (including phenoxy) is 1. The lowest BCUT2D eigenvalue weighted by Gasteiger charge is -2.42. The minimum absolute atomic E-state index is 0.122. The maximum Gasteiger partial charge on any atom is 0.130 e. The quantitative estimate of drug-likeness (QED) is 0.742. The molecule has 3 aliphatic heterocycles. The van der Waals surface area contributed by atoms with Gasteiger partial charge in [0.2, 0.25) is 0 Å². The summed E-state index contributed by atoms with van der Waals surface area (Å²) in [6, 6.07) is 6.46. The molecule has 3 aliphatic rings. The fourth-order valence-corrected chi connectivity index (χ4v) is 5.80. The molecule has 0 unspecified atom stereocenters. The molecule has 168 valence electrons. The largest absolute Gasteiger partial charge is 0.370 e. The first-order chi connectivity index (χ1) is 15.1. The van der Waals surface area contributed by atoms with Crippen LogP contribution >= 0.6 is 0 Å². The first-order valence-corrected chi connectivity index (χ1v) is 12.0. The highest BCUT2D eigenvalue weighted by Crippen LogP contribution is 2.32. The molecule has 0 amide bonds. The zero-order valence-electron chi connectivity index (χ0n) is 18.9. The first-order valence-electron chi connectivity index (χ1n) is 12.0. The molecule has 6 heteroatoms. The van der Waals surface area contributed by atoms with E-state index in [4.69, 9.17) is 4.74 Å². The summed E-state index contributed by atoms with van der Waals surface area (Å²) in [6.07, 6.45) is 7.29. The lowest BCUT2D eigenvalue weighted by molar-refractivity contribution is -0.0371. The van der Waals surface area contributed by atoms with Crippen molar-refractivity contribution in [1.82, 2.24) is 14.8 Å². The van der Waals surface area contributed by atoms with E-state index in [2.05, 4.69) is 32.7 Å². The molecule has 3 saturated heterocycles. The van der Waals surface area contributed by atoms with E-state index in [9.17, 15) is 4.39 Å². The summed E-state index contributed by atoms with van der Waals surface area (Å²) in [5, 5.41) is 1.03. The Kier molecular flexibility index (Phi) is 6.13. The predicted molar refractivity (Wildman–Crippen MR) is 123 cm³/mol. The molecule has 1 aromatic heterocycles. The summed E-state index contributed by atoms with van der Waals surface area (Å²) in [6.45, 7) is 11.4. The minimum Gasteiger partial charge on any atom is -0.370 e. The second-order valence-corrected chi connectivity index (χ2v) is 9.65. The Bertz CT molecular complexity index is 908. The van der Waals surface area contributed by atoms with Crippen LogP contribution in [0.15, 0.2) is 24.4 Å². The van der Waals surface area contributed by atoms with Gasteiger partial charge in [-0.1, -0.05) is 0 Å². The van der Waals surface area contributed by atoms with Crippen molar-refractivity contribution in [1.29, 1.82) is 0 Å². The number of fused-ring (bicyclic) bond motifs is 1. The molecule has 5 nitrogen and oxygen atoms in total. The van der Waals surface area contributed by atoms with Gasteiger partial charge in [0.05, 0.1) is 17.7 Å². The van der Waals surface area contributed by atoms with Gasteiger partial charge in [-0.05, 0) is 83.9 Å². The van der Waals surface area contributed by atoms with Crippen molar-refractivity contribution in [2.75, 3.05) is 50.7 Å². The van der Waals surface area contributed by atoms with E-state index in [0.29, 0.717) is 5.56 Å². The Morgan fingerprint density at radius 2 is 1.90 bits per heavy atom. The molecule has 1 aromatic carbocycles. The second-order valence-electron chi connectivity index (χ2n) is 9.65. The number of rotatable bonds is 4. The van der Waals surface area contributed by atoms with Gasteiger partial charge in [0, 0.05) is 48.5 Å². The Morgan fingerprint density at radius 1 is 1.13 bits per heavy atom. The van der Waals surface area contributed by atoms with Crippen molar-refractivity contribution in [2.24, 2.45) is 0 Å². The number of morpholine rings is 1. The topological polar surface area (TPSA) is 31.8 Å². The van der Waals surface area contributed by atoms with Crippen LogP contribution < -0.4 is 4.90 Å². The van der Waals surface area contributed by atoms with Gasteiger partial charge >= 0.3 is 0 Å². The maximum atomic E-state index is 14.7. The van der Waals surface area contributed by atoms with Crippen molar-refractivity contribution in [3.63, 3.8) is 0 Å². The van der Waals surface area contributed by atoms with Gasteiger partial charge in [-0.2, -0.15) is 0 Å². The van der Waals surface area contributed by atoms with Gasteiger partial charge in [-0.15, -0.1) is 0 Å². The normalized spacial score (nSPS) is 26.7. The highest BCUT2D eigenvalue weighted by atomic mass is 19.1. The smallest absolute Gasteiger partial charge is 0.130 e. The number of aromatic nitrogens is 1. The van der Waals surface area contributed by atoms with Crippen LogP contribution in [0, 0.1) is 12.7 Å². The molecule has 0 saturated carbocycles. The fourth-order valence-electron chi connectivity index (χ4n) is 5.80. The zero-order chi connectivity index (χ0) is 21.4.